The van der Waals surface area contributed by atoms with Crippen LogP contribution < -0.4 is 0 Å². The molecule has 5 heteroatoms. The molecular formula is C12H16N2O3. The van der Waals surface area contributed by atoms with Crippen LogP contribution in [0.4, 0.5) is 0 Å². The van der Waals surface area contributed by atoms with E-state index in [4.69, 9.17) is 5.11 Å². The highest BCUT2D eigenvalue weighted by molar-refractivity contribution is 5.96. The van der Waals surface area contributed by atoms with Crippen molar-refractivity contribution >= 4 is 11.9 Å². The Balaban J connectivity index is 2.47. The fraction of sp³-hybridized carbons (Fsp3) is 0.417. The molecule has 1 aromatic heterocycles. The molecule has 1 atom stereocenters. The molecule has 0 saturated carbocycles. The summed E-state index contributed by atoms with van der Waals surface area (Å²) in [5.74, 6) is -2.48. The van der Waals surface area contributed by atoms with Crippen LogP contribution in [-0.4, -0.2) is 40.5 Å². The van der Waals surface area contributed by atoms with Gasteiger partial charge in [-0.3, -0.25) is 14.6 Å². The third-order valence-electron chi connectivity index (χ3n) is 2.55. The van der Waals surface area contributed by atoms with Gasteiger partial charge in [-0.1, -0.05) is 6.07 Å². The van der Waals surface area contributed by atoms with E-state index in [1.165, 1.54) is 11.8 Å². The van der Waals surface area contributed by atoms with E-state index in [0.717, 1.165) is 5.69 Å². The third kappa shape index (κ3) is 3.86. The Morgan fingerprint density at radius 3 is 2.71 bits per heavy atom. The first kappa shape index (κ1) is 13.2. The molecule has 0 aliphatic rings. The number of aromatic nitrogens is 1. The van der Waals surface area contributed by atoms with Gasteiger partial charge >= 0.3 is 5.97 Å². The first-order valence-electron chi connectivity index (χ1n) is 5.40. The highest BCUT2D eigenvalue weighted by Crippen LogP contribution is 2.03. The smallest absolute Gasteiger partial charge is 0.315 e. The third-order valence-corrected chi connectivity index (χ3v) is 2.55. The Morgan fingerprint density at radius 1 is 1.47 bits per heavy atom. The molecule has 0 spiro atoms. The second-order valence-electron chi connectivity index (χ2n) is 3.89. The summed E-state index contributed by atoms with van der Waals surface area (Å²) < 4.78 is 0. The first-order chi connectivity index (χ1) is 8.02. The van der Waals surface area contributed by atoms with E-state index in [1.807, 2.05) is 18.2 Å². The molecular weight excluding hydrogens is 220 g/mol. The van der Waals surface area contributed by atoms with Crippen LogP contribution in [0.25, 0.3) is 0 Å². The van der Waals surface area contributed by atoms with E-state index >= 15 is 0 Å². The van der Waals surface area contributed by atoms with Crippen LogP contribution in [0.15, 0.2) is 24.4 Å². The van der Waals surface area contributed by atoms with Crippen molar-refractivity contribution in [1.29, 1.82) is 0 Å². The lowest BCUT2D eigenvalue weighted by molar-refractivity contribution is -0.149. The highest BCUT2D eigenvalue weighted by Gasteiger charge is 2.23. The Bertz CT molecular complexity index is 392. The van der Waals surface area contributed by atoms with Gasteiger partial charge in [0.05, 0.1) is 0 Å². The predicted octanol–water partition coefficient (Wildman–Crippen LogP) is 0.803. The molecule has 92 valence electrons. The maximum Gasteiger partial charge on any atom is 0.315 e. The van der Waals surface area contributed by atoms with Gasteiger partial charge in [-0.25, -0.2) is 0 Å². The molecule has 1 heterocycles. The maximum absolute atomic E-state index is 11.6. The fourth-order valence-corrected chi connectivity index (χ4v) is 1.37. The molecule has 0 bridgehead atoms. The Hall–Kier alpha value is -1.91. The zero-order chi connectivity index (χ0) is 12.8. The summed E-state index contributed by atoms with van der Waals surface area (Å²) in [4.78, 5) is 27.8. The van der Waals surface area contributed by atoms with Gasteiger partial charge in [0.15, 0.2) is 0 Å². The number of hydrogen-bond acceptors (Lipinski definition) is 3. The van der Waals surface area contributed by atoms with Gasteiger partial charge in [0, 0.05) is 31.9 Å². The first-order valence-corrected chi connectivity index (χ1v) is 5.40. The maximum atomic E-state index is 11.6. The van der Waals surface area contributed by atoms with E-state index in [0.29, 0.717) is 13.0 Å². The lowest BCUT2D eigenvalue weighted by Gasteiger charge is -2.19. The largest absolute Gasteiger partial charge is 0.481 e. The molecule has 0 fully saturated rings. The van der Waals surface area contributed by atoms with Gasteiger partial charge in [0.2, 0.25) is 5.91 Å². The van der Waals surface area contributed by atoms with E-state index in [1.54, 1.807) is 13.2 Å². The number of aliphatic carboxylic acids is 1. The molecule has 1 rings (SSSR count). The number of likely N-dealkylation sites (N-methyl/N-ethyl adjacent to an activating group) is 1. The minimum atomic E-state index is -1.10. The van der Waals surface area contributed by atoms with Crippen molar-refractivity contribution in [1.82, 2.24) is 9.88 Å². The number of hydrogen-bond donors (Lipinski definition) is 1. The molecule has 1 amide bonds. The van der Waals surface area contributed by atoms with E-state index in [9.17, 15) is 9.59 Å². The van der Waals surface area contributed by atoms with Crippen LogP contribution in [0.5, 0.6) is 0 Å². The van der Waals surface area contributed by atoms with E-state index in [-0.39, 0.29) is 5.91 Å². The Kier molecular flexibility index (Phi) is 4.63. The van der Waals surface area contributed by atoms with Gasteiger partial charge in [-0.15, -0.1) is 0 Å². The summed E-state index contributed by atoms with van der Waals surface area (Å²) in [6.45, 7) is 1.86. The highest BCUT2D eigenvalue weighted by atomic mass is 16.4. The fourth-order valence-electron chi connectivity index (χ4n) is 1.37. The van der Waals surface area contributed by atoms with E-state index < -0.39 is 11.9 Å². The number of carbonyl (C=O) groups is 2. The summed E-state index contributed by atoms with van der Waals surface area (Å²) in [5, 5.41) is 8.73. The molecule has 1 aromatic rings. The van der Waals surface area contributed by atoms with Crippen molar-refractivity contribution in [2.75, 3.05) is 13.6 Å². The summed E-state index contributed by atoms with van der Waals surface area (Å²) in [6, 6.07) is 5.58. The van der Waals surface area contributed by atoms with Crippen molar-refractivity contribution < 1.29 is 14.7 Å². The van der Waals surface area contributed by atoms with Crippen molar-refractivity contribution in [3.8, 4) is 0 Å². The number of carbonyl (C=O) groups excluding carboxylic acids is 1. The number of carboxylic acid groups (broad SMARTS) is 1. The molecule has 1 unspecified atom stereocenters. The Morgan fingerprint density at radius 2 is 2.18 bits per heavy atom. The second kappa shape index (κ2) is 5.98. The van der Waals surface area contributed by atoms with Gasteiger partial charge in [-0.2, -0.15) is 0 Å². The normalized spacial score (nSPS) is 11.9. The average molecular weight is 236 g/mol. The Labute approximate surface area is 100 Å². The van der Waals surface area contributed by atoms with Crippen molar-refractivity contribution in [3.05, 3.63) is 30.1 Å². The van der Waals surface area contributed by atoms with Crippen LogP contribution in [0.1, 0.15) is 12.6 Å². The van der Waals surface area contributed by atoms with Crippen LogP contribution in [0, 0.1) is 5.92 Å². The number of nitrogens with zero attached hydrogens (tertiary/aromatic N) is 2. The number of pyridine rings is 1. The number of rotatable bonds is 5. The topological polar surface area (TPSA) is 70.5 Å². The van der Waals surface area contributed by atoms with Crippen LogP contribution in [0.3, 0.4) is 0 Å². The van der Waals surface area contributed by atoms with E-state index in [2.05, 4.69) is 4.98 Å². The average Bonchev–Trinajstić information content (AvgIpc) is 2.35. The summed E-state index contributed by atoms with van der Waals surface area (Å²) >= 11 is 0. The summed E-state index contributed by atoms with van der Waals surface area (Å²) in [6.07, 6.45) is 2.31. The molecule has 17 heavy (non-hydrogen) atoms. The monoisotopic (exact) mass is 236 g/mol. The standard InChI is InChI=1S/C12H16N2O3/c1-9(12(16)17)11(15)14(2)8-6-10-5-3-4-7-13-10/h3-5,7,9H,6,8H2,1-2H3,(H,16,17). The molecule has 1 N–H and O–H groups in total. The lowest BCUT2D eigenvalue weighted by Crippen LogP contribution is -2.36. The van der Waals surface area contributed by atoms with Crippen molar-refractivity contribution in [2.24, 2.45) is 5.92 Å². The second-order valence-corrected chi connectivity index (χ2v) is 3.89. The quantitative estimate of drug-likeness (QED) is 0.768. The van der Waals surface area contributed by atoms with Gasteiger partial charge in [0.25, 0.3) is 0 Å². The van der Waals surface area contributed by atoms with Crippen molar-refractivity contribution in [2.45, 2.75) is 13.3 Å². The molecule has 0 aliphatic carbocycles. The lowest BCUT2D eigenvalue weighted by atomic mass is 10.1. The summed E-state index contributed by atoms with van der Waals surface area (Å²) in [5.41, 5.74) is 0.884. The molecule has 0 radical (unpaired) electrons. The van der Waals surface area contributed by atoms with Gasteiger partial charge in [0.1, 0.15) is 5.92 Å². The van der Waals surface area contributed by atoms with Crippen LogP contribution in [0.2, 0.25) is 0 Å². The zero-order valence-corrected chi connectivity index (χ0v) is 9.96. The number of carboxylic acids is 1. The van der Waals surface area contributed by atoms with Gasteiger partial charge < -0.3 is 10.0 Å². The van der Waals surface area contributed by atoms with Crippen molar-refractivity contribution in [3.63, 3.8) is 0 Å². The molecule has 0 aliphatic heterocycles. The van der Waals surface area contributed by atoms with Gasteiger partial charge in [-0.05, 0) is 19.1 Å². The number of amides is 1. The summed E-state index contributed by atoms with van der Waals surface area (Å²) in [7, 11) is 1.60. The predicted molar refractivity (Wildman–Crippen MR) is 62.4 cm³/mol. The minimum Gasteiger partial charge on any atom is -0.481 e. The molecule has 0 saturated heterocycles. The molecule has 5 nitrogen and oxygen atoms in total. The minimum absolute atomic E-state index is 0.381. The zero-order valence-electron chi connectivity index (χ0n) is 9.96. The van der Waals surface area contributed by atoms with Crippen LogP contribution in [-0.2, 0) is 16.0 Å². The SMILES string of the molecule is CC(C(=O)O)C(=O)N(C)CCc1ccccn1. The molecule has 0 aromatic carbocycles. The van der Waals surface area contributed by atoms with Crippen LogP contribution >= 0.6 is 0 Å².